The van der Waals surface area contributed by atoms with Gasteiger partial charge in [-0.15, -0.1) is 0 Å². The fourth-order valence-electron chi connectivity index (χ4n) is 4.17. The first-order valence-corrected chi connectivity index (χ1v) is 11.0. The van der Waals surface area contributed by atoms with E-state index in [1.54, 1.807) is 0 Å². The van der Waals surface area contributed by atoms with Crippen molar-refractivity contribution in [3.63, 3.8) is 0 Å². The van der Waals surface area contributed by atoms with E-state index in [0.29, 0.717) is 16.9 Å². The second-order valence-corrected chi connectivity index (χ2v) is 8.83. The zero-order valence-electron chi connectivity index (χ0n) is 16.8. The average Bonchev–Trinajstić information content (AvgIpc) is 3.12. The molecule has 6 nitrogen and oxygen atoms in total. The Balaban J connectivity index is 1.63. The van der Waals surface area contributed by atoms with Crippen LogP contribution in [0.1, 0.15) is 17.4 Å². The molecule has 0 amide bonds. The molecule has 1 N–H and O–H groups in total. The van der Waals surface area contributed by atoms with Crippen molar-refractivity contribution < 1.29 is 4.42 Å². The van der Waals surface area contributed by atoms with Gasteiger partial charge in [-0.2, -0.15) is 0 Å². The second-order valence-electron chi connectivity index (χ2n) is 7.92. The Kier molecular flexibility index (Phi) is 5.18. The number of furan rings is 1. The number of aromatic amines is 1. The fraction of sp³-hybridized carbons (Fsp3) is 0.304. The van der Waals surface area contributed by atoms with E-state index in [2.05, 4.69) is 62.0 Å². The minimum Gasteiger partial charge on any atom is -0.449 e. The summed E-state index contributed by atoms with van der Waals surface area (Å²) in [6, 6.07) is 16.1. The summed E-state index contributed by atoms with van der Waals surface area (Å²) in [4.78, 5) is 25.6. The molecule has 2 aromatic carbocycles. The molecule has 30 heavy (non-hydrogen) atoms. The Bertz CT molecular complexity index is 1240. The van der Waals surface area contributed by atoms with Crippen LogP contribution in [-0.4, -0.2) is 53.0 Å². The molecule has 3 heterocycles. The number of rotatable bonds is 4. The third-order valence-corrected chi connectivity index (χ3v) is 6.36. The van der Waals surface area contributed by atoms with E-state index in [4.69, 9.17) is 9.40 Å². The second kappa shape index (κ2) is 7.98. The number of hydrogen-bond acceptors (Lipinski definition) is 5. The van der Waals surface area contributed by atoms with Gasteiger partial charge in [-0.05, 0) is 37.2 Å². The highest BCUT2D eigenvalue weighted by atomic mass is 79.9. The highest BCUT2D eigenvalue weighted by Crippen LogP contribution is 2.30. The summed E-state index contributed by atoms with van der Waals surface area (Å²) in [5.74, 6) is 0.698. The van der Waals surface area contributed by atoms with Crippen LogP contribution in [0.3, 0.4) is 0 Å². The van der Waals surface area contributed by atoms with E-state index in [1.807, 2.05) is 24.3 Å². The molecule has 0 bridgehead atoms. The Labute approximate surface area is 182 Å². The molecule has 154 valence electrons. The zero-order valence-corrected chi connectivity index (χ0v) is 18.4. The van der Waals surface area contributed by atoms with E-state index in [1.165, 1.54) is 5.56 Å². The van der Waals surface area contributed by atoms with Crippen LogP contribution >= 0.6 is 15.9 Å². The van der Waals surface area contributed by atoms with Crippen LogP contribution in [0.15, 0.2) is 62.2 Å². The van der Waals surface area contributed by atoms with Crippen molar-refractivity contribution in [2.75, 3.05) is 33.2 Å². The summed E-state index contributed by atoms with van der Waals surface area (Å²) >= 11 is 3.51. The molecule has 1 atom stereocenters. The number of fused-ring (bicyclic) bond motifs is 3. The fourth-order valence-corrected chi connectivity index (χ4v) is 4.53. The number of likely N-dealkylation sites (N-methyl/N-ethyl adjacent to an activating group) is 1. The number of halogens is 1. The lowest BCUT2D eigenvalue weighted by Crippen LogP contribution is -2.47. The highest BCUT2D eigenvalue weighted by molar-refractivity contribution is 9.10. The maximum atomic E-state index is 12.9. The molecule has 1 aliphatic rings. The number of benzene rings is 2. The van der Waals surface area contributed by atoms with E-state index < -0.39 is 0 Å². The molecule has 0 spiro atoms. The number of aromatic nitrogens is 2. The molecule has 5 rings (SSSR count). The van der Waals surface area contributed by atoms with Crippen molar-refractivity contribution in [3.05, 3.63) is 74.7 Å². The molecule has 0 radical (unpaired) electrons. The van der Waals surface area contributed by atoms with Crippen LogP contribution in [0, 0.1) is 0 Å². The van der Waals surface area contributed by atoms with Gasteiger partial charge in [0.2, 0.25) is 5.58 Å². The predicted molar refractivity (Wildman–Crippen MR) is 122 cm³/mol. The van der Waals surface area contributed by atoms with E-state index in [0.717, 1.165) is 42.5 Å². The van der Waals surface area contributed by atoms with Gasteiger partial charge in [-0.1, -0.05) is 46.3 Å². The normalized spacial score (nSPS) is 17.0. The summed E-state index contributed by atoms with van der Waals surface area (Å²) < 4.78 is 6.74. The van der Waals surface area contributed by atoms with Gasteiger partial charge in [0.25, 0.3) is 5.56 Å². The van der Waals surface area contributed by atoms with Crippen molar-refractivity contribution in [1.29, 1.82) is 0 Å². The van der Waals surface area contributed by atoms with Gasteiger partial charge in [0, 0.05) is 36.0 Å². The van der Waals surface area contributed by atoms with Crippen LogP contribution < -0.4 is 5.56 Å². The summed E-state index contributed by atoms with van der Waals surface area (Å²) in [5, 5.41) is 0.851. The van der Waals surface area contributed by atoms with Crippen LogP contribution in [-0.2, 0) is 6.42 Å². The van der Waals surface area contributed by atoms with Crippen molar-refractivity contribution in [1.82, 2.24) is 19.8 Å². The van der Waals surface area contributed by atoms with E-state index in [-0.39, 0.29) is 17.2 Å². The molecular formula is C23H23BrN4O2. The monoisotopic (exact) mass is 466 g/mol. The van der Waals surface area contributed by atoms with Crippen LogP contribution in [0.2, 0.25) is 0 Å². The number of H-pyrrole nitrogens is 1. The standard InChI is InChI=1S/C23H23BrN4O2/c1-27-9-11-28(12-10-27)18(13-15-5-3-2-4-6-15)22-25-20-17-14-16(24)7-8-19(17)30-21(20)23(29)26-22/h2-8,14,18H,9-13H2,1H3,(H,25,26,29). The number of nitrogens with one attached hydrogen (secondary N) is 1. The third kappa shape index (κ3) is 3.69. The van der Waals surface area contributed by atoms with E-state index >= 15 is 0 Å². The zero-order chi connectivity index (χ0) is 20.7. The van der Waals surface area contributed by atoms with Gasteiger partial charge < -0.3 is 14.3 Å². The largest absolute Gasteiger partial charge is 0.449 e. The van der Waals surface area contributed by atoms with Crippen molar-refractivity contribution in [2.45, 2.75) is 12.5 Å². The van der Waals surface area contributed by atoms with Gasteiger partial charge in [-0.3, -0.25) is 9.69 Å². The van der Waals surface area contributed by atoms with Crippen LogP contribution in [0.5, 0.6) is 0 Å². The van der Waals surface area contributed by atoms with Gasteiger partial charge in [0.15, 0.2) is 0 Å². The van der Waals surface area contributed by atoms with Gasteiger partial charge in [0.05, 0.1) is 6.04 Å². The quantitative estimate of drug-likeness (QED) is 0.492. The molecule has 1 aliphatic heterocycles. The predicted octanol–water partition coefficient (Wildman–Crippen LogP) is 3.96. The summed E-state index contributed by atoms with van der Waals surface area (Å²) in [6.45, 7) is 3.87. The first kappa shape index (κ1) is 19.5. The van der Waals surface area contributed by atoms with E-state index in [9.17, 15) is 4.79 Å². The lowest BCUT2D eigenvalue weighted by molar-refractivity contribution is 0.107. The highest BCUT2D eigenvalue weighted by Gasteiger charge is 2.27. The van der Waals surface area contributed by atoms with Crippen molar-refractivity contribution in [3.8, 4) is 0 Å². The minimum absolute atomic E-state index is 0.00435. The first-order valence-electron chi connectivity index (χ1n) is 10.2. The summed E-state index contributed by atoms with van der Waals surface area (Å²) in [7, 11) is 2.14. The lowest BCUT2D eigenvalue weighted by Gasteiger charge is -2.37. The van der Waals surface area contributed by atoms with Gasteiger partial charge >= 0.3 is 0 Å². The van der Waals surface area contributed by atoms with Crippen molar-refractivity contribution in [2.24, 2.45) is 0 Å². The third-order valence-electron chi connectivity index (χ3n) is 5.87. The van der Waals surface area contributed by atoms with Gasteiger partial charge in [0.1, 0.15) is 16.9 Å². The van der Waals surface area contributed by atoms with Crippen LogP contribution in [0.25, 0.3) is 22.1 Å². The smallest absolute Gasteiger partial charge is 0.294 e. The molecule has 2 aromatic heterocycles. The molecule has 1 fully saturated rings. The molecular weight excluding hydrogens is 444 g/mol. The Morgan fingerprint density at radius 3 is 2.67 bits per heavy atom. The molecule has 7 heteroatoms. The molecule has 0 aliphatic carbocycles. The first-order chi connectivity index (χ1) is 14.6. The lowest BCUT2D eigenvalue weighted by atomic mass is 10.0. The molecule has 1 saturated heterocycles. The Hall–Kier alpha value is -2.48. The summed E-state index contributed by atoms with van der Waals surface area (Å²) in [6.07, 6.45) is 0.790. The molecule has 4 aromatic rings. The number of nitrogens with zero attached hydrogens (tertiary/aromatic N) is 3. The minimum atomic E-state index is -0.227. The number of hydrogen-bond donors (Lipinski definition) is 1. The molecule has 0 saturated carbocycles. The Morgan fingerprint density at radius 2 is 1.90 bits per heavy atom. The summed E-state index contributed by atoms with van der Waals surface area (Å²) in [5.41, 5.74) is 2.57. The SMILES string of the molecule is CN1CCN(C(Cc2ccccc2)c2nc3c(oc4ccc(Br)cc43)c(=O)[nH]2)CC1. The topological polar surface area (TPSA) is 65.4 Å². The average molecular weight is 467 g/mol. The maximum Gasteiger partial charge on any atom is 0.294 e. The maximum absolute atomic E-state index is 12.9. The van der Waals surface area contributed by atoms with Crippen LogP contribution in [0.4, 0.5) is 0 Å². The Morgan fingerprint density at radius 1 is 1.13 bits per heavy atom. The molecule has 1 unspecified atom stereocenters. The van der Waals surface area contributed by atoms with Gasteiger partial charge in [-0.25, -0.2) is 4.98 Å². The number of piperazine rings is 1. The van der Waals surface area contributed by atoms with Crippen molar-refractivity contribution >= 4 is 38.0 Å².